The number of hydrogen-bond acceptors (Lipinski definition) is 6. The van der Waals surface area contributed by atoms with Crippen molar-refractivity contribution < 1.29 is 27.3 Å². The Labute approximate surface area is 221 Å². The normalized spacial score (nSPS) is 14.3. The van der Waals surface area contributed by atoms with Crippen molar-refractivity contribution in [2.24, 2.45) is 0 Å². The van der Waals surface area contributed by atoms with Crippen molar-refractivity contribution in [1.82, 2.24) is 5.32 Å². The number of rotatable bonds is 16. The molecule has 0 heterocycles. The highest BCUT2D eigenvalue weighted by Gasteiger charge is 2.41. The van der Waals surface area contributed by atoms with Gasteiger partial charge < -0.3 is 18.5 Å². The molecule has 0 saturated carbocycles. The highest BCUT2D eigenvalue weighted by atomic mass is 31.2. The van der Waals surface area contributed by atoms with Crippen LogP contribution in [0.2, 0.25) is 39.3 Å². The molecular formula is C26H50NO6PSi2. The zero-order valence-electron chi connectivity index (χ0n) is 24.4. The van der Waals surface area contributed by atoms with Crippen molar-refractivity contribution in [3.8, 4) is 0 Å². The molecule has 0 aliphatic heterocycles. The van der Waals surface area contributed by atoms with Crippen LogP contribution in [0.1, 0.15) is 59.8 Å². The molecule has 10 heteroatoms. The third-order valence-electron chi connectivity index (χ3n) is 4.81. The Hall–Kier alpha value is -1.26. The number of methoxy groups -OCH3 is 1. The Bertz CT molecular complexity index is 845. The third kappa shape index (κ3) is 18.1. The van der Waals surface area contributed by atoms with Crippen LogP contribution >= 0.6 is 7.60 Å². The number of amides is 1. The molecule has 208 valence electrons. The zero-order chi connectivity index (χ0) is 28.2. The molecule has 0 aliphatic carbocycles. The van der Waals surface area contributed by atoms with Crippen molar-refractivity contribution in [2.45, 2.75) is 105 Å². The van der Waals surface area contributed by atoms with Crippen LogP contribution in [0.3, 0.4) is 0 Å². The van der Waals surface area contributed by atoms with Gasteiger partial charge in [-0.1, -0.05) is 34.9 Å². The predicted octanol–water partition coefficient (Wildman–Crippen LogP) is 7.35. The number of allylic oxidation sites excluding steroid dienone is 5. The summed E-state index contributed by atoms with van der Waals surface area (Å²) in [6.07, 6.45) is 10.1. The van der Waals surface area contributed by atoms with Crippen molar-refractivity contribution >= 4 is 36.1 Å². The first kappa shape index (κ1) is 34.7. The van der Waals surface area contributed by atoms with Gasteiger partial charge in [-0.2, -0.15) is 0 Å². The maximum Gasteiger partial charge on any atom is 0.329 e. The summed E-state index contributed by atoms with van der Waals surface area (Å²) < 4.78 is 30.4. The average molecular weight is 560 g/mol. The Morgan fingerprint density at radius 3 is 1.75 bits per heavy atom. The first-order chi connectivity index (χ1) is 16.4. The van der Waals surface area contributed by atoms with E-state index in [-0.39, 0.29) is 18.5 Å². The number of carbonyl (C=O) groups is 2. The minimum absolute atomic E-state index is 0.122. The summed E-state index contributed by atoms with van der Waals surface area (Å²) in [7, 11) is -6.91. The van der Waals surface area contributed by atoms with E-state index < -0.39 is 36.2 Å². The summed E-state index contributed by atoms with van der Waals surface area (Å²) in [4.78, 5) is 25.1. The lowest BCUT2D eigenvalue weighted by atomic mass is 10.1. The van der Waals surface area contributed by atoms with E-state index in [2.05, 4.69) is 38.2 Å². The summed E-state index contributed by atoms with van der Waals surface area (Å²) >= 11 is 0. The van der Waals surface area contributed by atoms with Gasteiger partial charge >= 0.3 is 13.6 Å². The topological polar surface area (TPSA) is 90.9 Å². The number of hydrogen-bond donors (Lipinski definition) is 1. The van der Waals surface area contributed by atoms with Gasteiger partial charge in [0.25, 0.3) is 0 Å². The minimum Gasteiger partial charge on any atom is -0.467 e. The van der Waals surface area contributed by atoms with E-state index in [4.69, 9.17) is 13.2 Å². The van der Waals surface area contributed by atoms with Gasteiger partial charge in [-0.05, 0) is 92.7 Å². The molecule has 1 N–H and O–H groups in total. The fourth-order valence-electron chi connectivity index (χ4n) is 3.33. The lowest BCUT2D eigenvalue weighted by molar-refractivity contribution is -0.144. The molecule has 0 aromatic carbocycles. The molecule has 0 aromatic rings. The van der Waals surface area contributed by atoms with Gasteiger partial charge in [-0.25, -0.2) is 4.79 Å². The van der Waals surface area contributed by atoms with Crippen molar-refractivity contribution in [1.29, 1.82) is 0 Å². The molecule has 0 aromatic heterocycles. The second kappa shape index (κ2) is 15.9. The molecule has 0 fully saturated rings. The summed E-state index contributed by atoms with van der Waals surface area (Å²) in [6, 6.07) is -1.11. The number of esters is 1. The number of nitrogens with one attached hydrogen (secondary N) is 1. The van der Waals surface area contributed by atoms with Gasteiger partial charge in [0.1, 0.15) is 6.04 Å². The molecule has 0 bridgehead atoms. The zero-order valence-corrected chi connectivity index (χ0v) is 27.3. The van der Waals surface area contributed by atoms with Crippen LogP contribution in [0.5, 0.6) is 0 Å². The molecule has 0 rings (SSSR count). The minimum atomic E-state index is -3.64. The van der Waals surface area contributed by atoms with Crippen LogP contribution in [-0.4, -0.2) is 47.8 Å². The first-order valence-electron chi connectivity index (χ1n) is 12.7. The summed E-state index contributed by atoms with van der Waals surface area (Å²) in [6.45, 7) is 19.8. The lowest BCUT2D eigenvalue weighted by Crippen LogP contribution is -2.45. The predicted molar refractivity (Wildman–Crippen MR) is 155 cm³/mol. The molecule has 0 saturated heterocycles. The summed E-state index contributed by atoms with van der Waals surface area (Å²) in [5.74, 6) is -1.01. The largest absolute Gasteiger partial charge is 0.467 e. The third-order valence-corrected chi connectivity index (χ3v) is 12.2. The van der Waals surface area contributed by atoms with Gasteiger partial charge in [0.2, 0.25) is 5.91 Å². The van der Waals surface area contributed by atoms with E-state index in [0.29, 0.717) is 0 Å². The second-order valence-electron chi connectivity index (χ2n) is 11.5. The second-order valence-corrected chi connectivity index (χ2v) is 23.0. The van der Waals surface area contributed by atoms with Gasteiger partial charge in [0, 0.05) is 6.42 Å². The van der Waals surface area contributed by atoms with Crippen LogP contribution < -0.4 is 5.32 Å². The van der Waals surface area contributed by atoms with Crippen LogP contribution in [0.25, 0.3) is 0 Å². The summed E-state index contributed by atoms with van der Waals surface area (Å²) in [5.41, 5.74) is 3.80. The first-order valence-corrected chi connectivity index (χ1v) is 21.2. The quantitative estimate of drug-likeness (QED) is 0.0920. The van der Waals surface area contributed by atoms with Crippen LogP contribution in [0.4, 0.5) is 0 Å². The molecule has 7 nitrogen and oxygen atoms in total. The standard InChI is InChI=1S/C26H50NO6PSi2/c1-21(2)14-12-15-22(3)16-13-17-23(4)18-19-25(28)27-24(26(29)31-5)20-34(30,32-35(6,7)8)33-36(9,10)11/h14,16,18,24H,12-13,15,17,19-20H2,1-11H3,(H,27,28)/b22-16+,23-18+/t24-/m0/s1. The van der Waals surface area contributed by atoms with E-state index in [0.717, 1.165) is 31.3 Å². The molecule has 1 atom stereocenters. The van der Waals surface area contributed by atoms with Crippen molar-refractivity contribution in [3.63, 3.8) is 0 Å². The summed E-state index contributed by atoms with van der Waals surface area (Å²) in [5, 5.41) is 2.68. The van der Waals surface area contributed by atoms with E-state index in [1.807, 2.05) is 52.3 Å². The molecular weight excluding hydrogens is 509 g/mol. The number of ether oxygens (including phenoxy) is 1. The highest BCUT2D eigenvalue weighted by molar-refractivity contribution is 7.57. The Balaban J connectivity index is 5.16. The van der Waals surface area contributed by atoms with Gasteiger partial charge in [0.15, 0.2) is 16.6 Å². The highest BCUT2D eigenvalue weighted by Crippen LogP contribution is 2.53. The van der Waals surface area contributed by atoms with E-state index in [9.17, 15) is 14.2 Å². The van der Waals surface area contributed by atoms with Crippen LogP contribution in [-0.2, 0) is 27.3 Å². The van der Waals surface area contributed by atoms with E-state index in [1.165, 1.54) is 18.3 Å². The maximum absolute atomic E-state index is 13.6. The van der Waals surface area contributed by atoms with Crippen molar-refractivity contribution in [2.75, 3.05) is 13.3 Å². The molecule has 0 aliphatic rings. The molecule has 0 spiro atoms. The lowest BCUT2D eigenvalue weighted by Gasteiger charge is -2.32. The van der Waals surface area contributed by atoms with Gasteiger partial charge in [-0.15, -0.1) is 0 Å². The smallest absolute Gasteiger partial charge is 0.329 e. The Morgan fingerprint density at radius 2 is 1.31 bits per heavy atom. The fraction of sp³-hybridized carbons (Fsp3) is 0.692. The van der Waals surface area contributed by atoms with Gasteiger partial charge in [0.05, 0.1) is 13.3 Å². The molecule has 36 heavy (non-hydrogen) atoms. The Kier molecular flexibility index (Phi) is 15.3. The fourth-order valence-corrected chi connectivity index (χ4v) is 11.8. The van der Waals surface area contributed by atoms with Crippen LogP contribution in [0, 0.1) is 0 Å². The number of carbonyl (C=O) groups excluding carboxylic acids is 2. The molecule has 1 amide bonds. The van der Waals surface area contributed by atoms with E-state index >= 15 is 0 Å². The van der Waals surface area contributed by atoms with Gasteiger partial charge in [-0.3, -0.25) is 9.36 Å². The Morgan fingerprint density at radius 1 is 0.833 bits per heavy atom. The monoisotopic (exact) mass is 559 g/mol. The van der Waals surface area contributed by atoms with Crippen LogP contribution in [0.15, 0.2) is 34.9 Å². The van der Waals surface area contributed by atoms with E-state index in [1.54, 1.807) is 0 Å². The average Bonchev–Trinajstić information content (AvgIpc) is 2.67. The van der Waals surface area contributed by atoms with Crippen molar-refractivity contribution in [3.05, 3.63) is 34.9 Å². The SMILES string of the molecule is COC(=O)[C@H](CP(=O)(O[Si](C)(C)C)O[Si](C)(C)C)NC(=O)C/C=C(\C)CC/C=C(\C)CCC=C(C)C. The molecule has 0 unspecified atom stereocenters. The maximum atomic E-state index is 13.6. The molecule has 0 radical (unpaired) electrons.